The van der Waals surface area contributed by atoms with Crippen molar-refractivity contribution < 1.29 is 14.7 Å². The molecule has 16 heavy (non-hydrogen) atoms. The number of carbonyl (C=O) groups excluding carboxylic acids is 1. The van der Waals surface area contributed by atoms with Crippen LogP contribution in [0.15, 0.2) is 4.79 Å². The molecule has 0 radical (unpaired) electrons. The van der Waals surface area contributed by atoms with Crippen LogP contribution in [-0.4, -0.2) is 27.0 Å². The van der Waals surface area contributed by atoms with Gasteiger partial charge in [0.1, 0.15) is 5.82 Å². The van der Waals surface area contributed by atoms with Crippen LogP contribution >= 0.6 is 0 Å². The summed E-state index contributed by atoms with van der Waals surface area (Å²) in [5, 5.41) is 11.2. The normalized spacial score (nSPS) is 18.8. The molecule has 1 amide bonds. The van der Waals surface area contributed by atoms with Gasteiger partial charge in [0.05, 0.1) is 11.5 Å². The Morgan fingerprint density at radius 3 is 2.81 bits per heavy atom. The van der Waals surface area contributed by atoms with Crippen LogP contribution in [0.25, 0.3) is 0 Å². The summed E-state index contributed by atoms with van der Waals surface area (Å²) in [5.41, 5.74) is 4.57. The summed E-state index contributed by atoms with van der Waals surface area (Å²) in [6, 6.07) is 0. The minimum atomic E-state index is -1.24. The number of carboxylic acids is 1. The molecular formula is C8H8N4O4. The Balaban J connectivity index is 2.66. The Bertz CT molecular complexity index is 535. The van der Waals surface area contributed by atoms with Gasteiger partial charge >= 0.3 is 5.97 Å². The van der Waals surface area contributed by atoms with Crippen molar-refractivity contribution in [1.82, 2.24) is 9.97 Å². The molecule has 8 nitrogen and oxygen atoms in total. The zero-order valence-corrected chi connectivity index (χ0v) is 7.98. The van der Waals surface area contributed by atoms with E-state index in [0.29, 0.717) is 0 Å². The van der Waals surface area contributed by atoms with Gasteiger partial charge in [-0.05, 0) is 0 Å². The number of H-pyrrole nitrogens is 1. The monoisotopic (exact) mass is 224 g/mol. The smallest absolute Gasteiger partial charge is 0.311 e. The number of nitrogens with one attached hydrogen (secondary N) is 2. The zero-order valence-electron chi connectivity index (χ0n) is 7.98. The second-order valence-corrected chi connectivity index (χ2v) is 3.36. The number of carboxylic acid groups (broad SMARTS) is 1. The molecule has 84 valence electrons. The Labute approximate surface area is 88.5 Å². The summed E-state index contributed by atoms with van der Waals surface area (Å²) in [4.78, 5) is 39.5. The first-order chi connectivity index (χ1) is 7.49. The number of hydrogen-bond acceptors (Lipinski definition) is 5. The highest BCUT2D eigenvalue weighted by atomic mass is 16.4. The fraction of sp³-hybridized carbons (Fsp3) is 0.250. The molecule has 0 unspecified atom stereocenters. The quantitative estimate of drug-likeness (QED) is 0.475. The number of hydrogen-bond donors (Lipinski definition) is 4. The summed E-state index contributed by atoms with van der Waals surface area (Å²) in [7, 11) is 0. The molecule has 0 spiro atoms. The molecular weight excluding hydrogens is 216 g/mol. The van der Waals surface area contributed by atoms with Crippen LogP contribution in [0.5, 0.6) is 0 Å². The van der Waals surface area contributed by atoms with E-state index in [1.165, 1.54) is 0 Å². The number of fused-ring (bicyclic) bond motifs is 1. The molecule has 0 saturated carbocycles. The van der Waals surface area contributed by atoms with Gasteiger partial charge < -0.3 is 16.2 Å². The lowest BCUT2D eigenvalue weighted by Crippen LogP contribution is -2.34. The third kappa shape index (κ3) is 1.49. The lowest BCUT2D eigenvalue weighted by Gasteiger charge is -2.20. The standard InChI is InChI=1S/C8H8N4O4/c9-8-11-5-4(6(14)12-8)2(7(15)16)1-3(13)10-5/h2H,1H2,(H,15,16)(H4,9,10,11,12,13,14)/t2-/m0/s1. The number of nitrogen functional groups attached to an aromatic ring is 1. The molecule has 1 aliphatic heterocycles. The summed E-state index contributed by atoms with van der Waals surface area (Å²) in [5.74, 6) is -3.17. The van der Waals surface area contributed by atoms with Gasteiger partial charge in [-0.1, -0.05) is 0 Å². The number of anilines is 2. The van der Waals surface area contributed by atoms with Gasteiger partial charge in [0, 0.05) is 6.42 Å². The minimum absolute atomic E-state index is 0.0682. The van der Waals surface area contributed by atoms with Crippen molar-refractivity contribution in [1.29, 1.82) is 0 Å². The van der Waals surface area contributed by atoms with E-state index >= 15 is 0 Å². The molecule has 1 atom stereocenters. The van der Waals surface area contributed by atoms with E-state index < -0.39 is 23.4 Å². The van der Waals surface area contributed by atoms with E-state index in [-0.39, 0.29) is 23.8 Å². The predicted octanol–water partition coefficient (Wildman–Crippen LogP) is -1.14. The Morgan fingerprint density at radius 1 is 1.50 bits per heavy atom. The Kier molecular flexibility index (Phi) is 2.11. The van der Waals surface area contributed by atoms with E-state index in [9.17, 15) is 14.4 Å². The van der Waals surface area contributed by atoms with Crippen molar-refractivity contribution in [3.8, 4) is 0 Å². The van der Waals surface area contributed by atoms with Crippen LogP contribution in [0.1, 0.15) is 17.9 Å². The maximum absolute atomic E-state index is 11.5. The molecule has 8 heteroatoms. The molecule has 1 aromatic rings. The maximum atomic E-state index is 11.5. The summed E-state index contributed by atoms with van der Waals surface area (Å²) in [6.45, 7) is 0. The third-order valence-corrected chi connectivity index (χ3v) is 2.27. The van der Waals surface area contributed by atoms with Gasteiger partial charge in [0.2, 0.25) is 11.9 Å². The number of aromatic nitrogens is 2. The first-order valence-corrected chi connectivity index (χ1v) is 4.41. The van der Waals surface area contributed by atoms with Gasteiger partial charge in [0.25, 0.3) is 5.56 Å². The van der Waals surface area contributed by atoms with Crippen LogP contribution in [0.2, 0.25) is 0 Å². The molecule has 0 aromatic carbocycles. The average Bonchev–Trinajstić information content (AvgIpc) is 2.14. The largest absolute Gasteiger partial charge is 0.481 e. The maximum Gasteiger partial charge on any atom is 0.311 e. The lowest BCUT2D eigenvalue weighted by atomic mass is 9.94. The third-order valence-electron chi connectivity index (χ3n) is 2.27. The van der Waals surface area contributed by atoms with Crippen molar-refractivity contribution >= 4 is 23.6 Å². The van der Waals surface area contributed by atoms with Gasteiger partial charge in [0.15, 0.2) is 0 Å². The van der Waals surface area contributed by atoms with Crippen molar-refractivity contribution in [3.63, 3.8) is 0 Å². The van der Waals surface area contributed by atoms with Crippen molar-refractivity contribution in [2.75, 3.05) is 11.1 Å². The number of aromatic amines is 1. The van der Waals surface area contributed by atoms with Crippen LogP contribution in [0.4, 0.5) is 11.8 Å². The number of rotatable bonds is 1. The molecule has 0 fully saturated rings. The minimum Gasteiger partial charge on any atom is -0.481 e. The SMILES string of the molecule is Nc1nc2c(c(=O)[nH]1)[C@@H](C(=O)O)CC(=O)N2. The fourth-order valence-corrected chi connectivity index (χ4v) is 1.60. The highest BCUT2D eigenvalue weighted by Gasteiger charge is 2.34. The van der Waals surface area contributed by atoms with Gasteiger partial charge in [-0.3, -0.25) is 19.4 Å². The van der Waals surface area contributed by atoms with Gasteiger partial charge in [-0.25, -0.2) is 0 Å². The molecule has 0 bridgehead atoms. The van der Waals surface area contributed by atoms with Crippen molar-refractivity contribution in [2.24, 2.45) is 0 Å². The fourth-order valence-electron chi connectivity index (χ4n) is 1.60. The molecule has 0 aliphatic carbocycles. The van der Waals surface area contributed by atoms with E-state index in [1.54, 1.807) is 0 Å². The van der Waals surface area contributed by atoms with Crippen molar-refractivity contribution in [3.05, 3.63) is 15.9 Å². The first kappa shape index (κ1) is 10.1. The van der Waals surface area contributed by atoms with Crippen molar-refractivity contribution in [2.45, 2.75) is 12.3 Å². The second-order valence-electron chi connectivity index (χ2n) is 3.36. The van der Waals surface area contributed by atoms with Gasteiger partial charge in [-0.2, -0.15) is 4.98 Å². The van der Waals surface area contributed by atoms with Gasteiger partial charge in [-0.15, -0.1) is 0 Å². The number of amides is 1. The number of nitrogens with zero attached hydrogens (tertiary/aromatic N) is 1. The highest BCUT2D eigenvalue weighted by molar-refractivity contribution is 5.98. The lowest BCUT2D eigenvalue weighted by molar-refractivity contribution is -0.140. The topological polar surface area (TPSA) is 138 Å². The van der Waals surface area contributed by atoms with E-state index in [0.717, 1.165) is 0 Å². The molecule has 0 saturated heterocycles. The molecule has 1 aromatic heterocycles. The Hall–Kier alpha value is -2.38. The van der Waals surface area contributed by atoms with Crippen LogP contribution in [0, 0.1) is 0 Å². The van der Waals surface area contributed by atoms with Crippen LogP contribution in [-0.2, 0) is 9.59 Å². The molecule has 5 N–H and O–H groups in total. The van der Waals surface area contributed by atoms with E-state index in [1.807, 2.05) is 0 Å². The summed E-state index contributed by atoms with van der Waals surface area (Å²) >= 11 is 0. The van der Waals surface area contributed by atoms with E-state index in [4.69, 9.17) is 10.8 Å². The number of aliphatic carboxylic acids is 1. The molecule has 2 heterocycles. The number of carbonyl (C=O) groups is 2. The second kappa shape index (κ2) is 3.33. The molecule has 2 rings (SSSR count). The summed E-state index contributed by atoms with van der Waals surface area (Å²) < 4.78 is 0. The zero-order chi connectivity index (χ0) is 11.9. The summed E-state index contributed by atoms with van der Waals surface area (Å²) in [6.07, 6.45) is -0.281. The van der Waals surface area contributed by atoms with Crippen LogP contribution < -0.4 is 16.6 Å². The average molecular weight is 224 g/mol. The predicted molar refractivity (Wildman–Crippen MR) is 52.9 cm³/mol. The number of nitrogens with two attached hydrogens (primary N) is 1. The first-order valence-electron chi connectivity index (χ1n) is 4.41. The Morgan fingerprint density at radius 2 is 2.19 bits per heavy atom. The molecule has 1 aliphatic rings. The van der Waals surface area contributed by atoms with E-state index in [2.05, 4.69) is 15.3 Å². The van der Waals surface area contributed by atoms with Crippen LogP contribution in [0.3, 0.4) is 0 Å². The highest BCUT2D eigenvalue weighted by Crippen LogP contribution is 2.27.